The van der Waals surface area contributed by atoms with Gasteiger partial charge in [-0.1, -0.05) is 73.1 Å². The van der Waals surface area contributed by atoms with Crippen molar-refractivity contribution in [2.24, 2.45) is 0 Å². The van der Waals surface area contributed by atoms with Crippen LogP contribution in [0.1, 0.15) is 37.0 Å². The van der Waals surface area contributed by atoms with Crippen molar-refractivity contribution in [1.82, 2.24) is 10.2 Å². The summed E-state index contributed by atoms with van der Waals surface area (Å²) in [5, 5.41) is 3.67. The van der Waals surface area contributed by atoms with Crippen molar-refractivity contribution in [3.05, 3.63) is 101 Å². The molecule has 5 nitrogen and oxygen atoms in total. The van der Waals surface area contributed by atoms with Crippen molar-refractivity contribution >= 4 is 23.4 Å². The van der Waals surface area contributed by atoms with E-state index in [4.69, 9.17) is 16.3 Å². The maximum absolute atomic E-state index is 13.6. The number of nitrogens with one attached hydrogen (secondary N) is 1. The fourth-order valence-corrected chi connectivity index (χ4v) is 3.85. The molecule has 0 aliphatic heterocycles. The van der Waals surface area contributed by atoms with Crippen molar-refractivity contribution in [3.63, 3.8) is 0 Å². The molecule has 0 heterocycles. The molecule has 0 spiro atoms. The molecular weight excluding hydrogens is 460 g/mol. The molecule has 3 aromatic rings. The summed E-state index contributed by atoms with van der Waals surface area (Å²) in [4.78, 5) is 28.7. The number of amides is 2. The van der Waals surface area contributed by atoms with Gasteiger partial charge in [-0.25, -0.2) is 0 Å². The molecule has 184 valence electrons. The molecule has 2 amide bonds. The number of rotatable bonds is 11. The van der Waals surface area contributed by atoms with E-state index in [1.54, 1.807) is 29.2 Å². The van der Waals surface area contributed by atoms with Gasteiger partial charge in [0.05, 0.1) is 0 Å². The number of carbonyl (C=O) groups is 2. The highest BCUT2D eigenvalue weighted by molar-refractivity contribution is 6.30. The van der Waals surface area contributed by atoms with Gasteiger partial charge in [0.15, 0.2) is 6.61 Å². The number of aryl methyl sites for hydroxylation is 1. The molecule has 0 saturated heterocycles. The standard InChI is InChI=1S/C29H33ClN2O3/c1-4-22(3)31-29(34)27(18-23-11-6-5-7-12-23)32(19-24-13-9-8-10-21(24)2)28(33)20-35-26-16-14-25(30)15-17-26/h5-17,22,27H,4,18-20H2,1-3H3,(H,31,34)/t22-,27-/m1/s1. The van der Waals surface area contributed by atoms with Crippen LogP contribution in [0.4, 0.5) is 0 Å². The lowest BCUT2D eigenvalue weighted by Crippen LogP contribution is -2.53. The molecule has 0 saturated carbocycles. The summed E-state index contributed by atoms with van der Waals surface area (Å²) in [5.74, 6) is 0.113. The van der Waals surface area contributed by atoms with Crippen molar-refractivity contribution < 1.29 is 14.3 Å². The molecule has 0 fully saturated rings. The quantitative estimate of drug-likeness (QED) is 0.380. The van der Waals surface area contributed by atoms with Crippen LogP contribution in [0.3, 0.4) is 0 Å². The summed E-state index contributed by atoms with van der Waals surface area (Å²) in [6.07, 6.45) is 1.21. The number of ether oxygens (including phenoxy) is 1. The topological polar surface area (TPSA) is 58.6 Å². The van der Waals surface area contributed by atoms with Crippen LogP contribution in [0.25, 0.3) is 0 Å². The van der Waals surface area contributed by atoms with Gasteiger partial charge in [-0.2, -0.15) is 0 Å². The first-order valence-electron chi connectivity index (χ1n) is 11.9. The van der Waals surface area contributed by atoms with Crippen LogP contribution in [0.15, 0.2) is 78.9 Å². The Bertz CT molecular complexity index is 1100. The van der Waals surface area contributed by atoms with Gasteiger partial charge in [-0.3, -0.25) is 9.59 Å². The second-order valence-electron chi connectivity index (χ2n) is 8.71. The van der Waals surface area contributed by atoms with Gasteiger partial charge in [0.25, 0.3) is 5.91 Å². The largest absolute Gasteiger partial charge is 0.484 e. The minimum atomic E-state index is -0.688. The minimum Gasteiger partial charge on any atom is -0.484 e. The number of nitrogens with zero attached hydrogens (tertiary/aromatic N) is 1. The first kappa shape index (κ1) is 26.3. The molecule has 3 rings (SSSR count). The van der Waals surface area contributed by atoms with Crippen molar-refractivity contribution in [1.29, 1.82) is 0 Å². The zero-order chi connectivity index (χ0) is 25.2. The van der Waals surface area contributed by atoms with Gasteiger partial charge in [-0.15, -0.1) is 0 Å². The number of hydrogen-bond acceptors (Lipinski definition) is 3. The van der Waals surface area contributed by atoms with E-state index in [1.807, 2.05) is 75.4 Å². The molecule has 0 aromatic heterocycles. The third-order valence-corrected chi connectivity index (χ3v) is 6.30. The smallest absolute Gasteiger partial charge is 0.261 e. The number of halogens is 1. The zero-order valence-corrected chi connectivity index (χ0v) is 21.3. The Labute approximate surface area is 213 Å². The second kappa shape index (κ2) is 13.0. The highest BCUT2D eigenvalue weighted by Gasteiger charge is 2.31. The first-order chi connectivity index (χ1) is 16.9. The van der Waals surface area contributed by atoms with E-state index in [2.05, 4.69) is 5.32 Å². The van der Waals surface area contributed by atoms with Crippen LogP contribution in [-0.4, -0.2) is 35.4 Å². The van der Waals surface area contributed by atoms with E-state index in [0.29, 0.717) is 23.7 Å². The molecule has 2 atom stereocenters. The molecule has 0 radical (unpaired) electrons. The van der Waals surface area contributed by atoms with Crippen LogP contribution in [0.5, 0.6) is 5.75 Å². The Morgan fingerprint density at radius 1 is 0.971 bits per heavy atom. The van der Waals surface area contributed by atoms with E-state index in [1.165, 1.54) is 0 Å². The molecule has 3 aromatic carbocycles. The predicted molar refractivity (Wildman–Crippen MR) is 141 cm³/mol. The van der Waals surface area contributed by atoms with E-state index < -0.39 is 6.04 Å². The fraction of sp³-hybridized carbons (Fsp3) is 0.310. The summed E-state index contributed by atoms with van der Waals surface area (Å²) in [5.41, 5.74) is 3.03. The lowest BCUT2D eigenvalue weighted by molar-refractivity contribution is -0.143. The fourth-order valence-electron chi connectivity index (χ4n) is 3.72. The average molecular weight is 493 g/mol. The lowest BCUT2D eigenvalue weighted by atomic mass is 10.0. The summed E-state index contributed by atoms with van der Waals surface area (Å²) in [7, 11) is 0. The SMILES string of the molecule is CC[C@@H](C)NC(=O)[C@@H](Cc1ccccc1)N(Cc1ccccc1C)C(=O)COc1ccc(Cl)cc1. The summed E-state index contributed by atoms with van der Waals surface area (Å²) < 4.78 is 5.77. The molecule has 0 aliphatic rings. The lowest BCUT2D eigenvalue weighted by Gasteiger charge is -2.32. The first-order valence-corrected chi connectivity index (χ1v) is 12.3. The van der Waals surface area contributed by atoms with E-state index >= 15 is 0 Å². The predicted octanol–water partition coefficient (Wildman–Crippen LogP) is 5.58. The van der Waals surface area contributed by atoms with E-state index in [9.17, 15) is 9.59 Å². The van der Waals surface area contributed by atoms with Crippen LogP contribution in [0.2, 0.25) is 5.02 Å². The monoisotopic (exact) mass is 492 g/mol. The summed E-state index contributed by atoms with van der Waals surface area (Å²) >= 11 is 5.96. The molecule has 0 bridgehead atoms. The number of carbonyl (C=O) groups excluding carboxylic acids is 2. The zero-order valence-electron chi connectivity index (χ0n) is 20.5. The normalized spacial score (nSPS) is 12.5. The van der Waals surface area contributed by atoms with Gasteiger partial charge in [0.1, 0.15) is 11.8 Å². The molecule has 0 aliphatic carbocycles. The van der Waals surface area contributed by atoms with Gasteiger partial charge < -0.3 is 15.0 Å². The Balaban J connectivity index is 1.91. The molecule has 35 heavy (non-hydrogen) atoms. The maximum Gasteiger partial charge on any atom is 0.261 e. The Hall–Kier alpha value is -3.31. The number of benzene rings is 3. The highest BCUT2D eigenvalue weighted by Crippen LogP contribution is 2.19. The third kappa shape index (κ3) is 7.86. The van der Waals surface area contributed by atoms with E-state index in [-0.39, 0.29) is 24.5 Å². The maximum atomic E-state index is 13.6. The van der Waals surface area contributed by atoms with Gasteiger partial charge in [0.2, 0.25) is 5.91 Å². The summed E-state index contributed by atoms with van der Waals surface area (Å²) in [6.45, 7) is 6.12. The Morgan fingerprint density at radius 2 is 1.63 bits per heavy atom. The Kier molecular flexibility index (Phi) is 9.74. The van der Waals surface area contributed by atoms with Crippen LogP contribution < -0.4 is 10.1 Å². The highest BCUT2D eigenvalue weighted by atomic mass is 35.5. The van der Waals surface area contributed by atoms with Gasteiger partial charge >= 0.3 is 0 Å². The van der Waals surface area contributed by atoms with Crippen LogP contribution in [0, 0.1) is 6.92 Å². The van der Waals surface area contributed by atoms with Crippen molar-refractivity contribution in [2.75, 3.05) is 6.61 Å². The Morgan fingerprint density at radius 3 is 2.29 bits per heavy atom. The summed E-state index contributed by atoms with van der Waals surface area (Å²) in [6, 6.07) is 23.9. The average Bonchev–Trinajstić information content (AvgIpc) is 2.87. The van der Waals surface area contributed by atoms with Crippen molar-refractivity contribution in [2.45, 2.75) is 52.2 Å². The molecular formula is C29H33ClN2O3. The van der Waals surface area contributed by atoms with Crippen molar-refractivity contribution in [3.8, 4) is 5.75 Å². The van der Waals surface area contributed by atoms with Gasteiger partial charge in [-0.05, 0) is 61.2 Å². The minimum absolute atomic E-state index is 0.00139. The van der Waals surface area contributed by atoms with Crippen LogP contribution in [-0.2, 0) is 22.6 Å². The van der Waals surface area contributed by atoms with Gasteiger partial charge in [0, 0.05) is 24.0 Å². The number of hydrogen-bond donors (Lipinski definition) is 1. The molecule has 6 heteroatoms. The van der Waals surface area contributed by atoms with E-state index in [0.717, 1.165) is 23.1 Å². The molecule has 0 unspecified atom stereocenters. The van der Waals surface area contributed by atoms with Crippen LogP contribution >= 0.6 is 11.6 Å². The molecule has 1 N–H and O–H groups in total. The third-order valence-electron chi connectivity index (χ3n) is 6.05. The second-order valence-corrected chi connectivity index (χ2v) is 9.15.